The zero-order valence-corrected chi connectivity index (χ0v) is 24.8. The van der Waals surface area contributed by atoms with Crippen LogP contribution in [0.25, 0.3) is 0 Å². The van der Waals surface area contributed by atoms with Crippen LogP contribution in [0.2, 0.25) is 0 Å². The number of carbonyl (C=O) groups excluding carboxylic acids is 4. The van der Waals surface area contributed by atoms with Gasteiger partial charge in [0.05, 0.1) is 6.42 Å². The van der Waals surface area contributed by atoms with Gasteiger partial charge in [-0.1, -0.05) is 82.2 Å². The number of alkyl carbamates (subject to hydrolysis) is 1. The summed E-state index contributed by atoms with van der Waals surface area (Å²) in [4.78, 5) is 53.7. The Morgan fingerprint density at radius 2 is 1.62 bits per heavy atom. The summed E-state index contributed by atoms with van der Waals surface area (Å²) in [6.45, 7) is 12.0. The Morgan fingerprint density at radius 1 is 0.974 bits per heavy atom. The molecule has 1 aromatic carbocycles. The molecular formula is C30H50N4O5. The van der Waals surface area contributed by atoms with Gasteiger partial charge < -0.3 is 26.0 Å². The van der Waals surface area contributed by atoms with E-state index >= 15 is 0 Å². The molecule has 4 amide bonds. The third-order valence-corrected chi connectivity index (χ3v) is 6.18. The molecule has 0 bridgehead atoms. The first-order chi connectivity index (χ1) is 18.4. The van der Waals surface area contributed by atoms with E-state index in [0.29, 0.717) is 18.5 Å². The molecule has 0 aliphatic rings. The molecule has 9 nitrogen and oxygen atoms in total. The lowest BCUT2D eigenvalue weighted by Gasteiger charge is -2.34. The predicted octanol–water partition coefficient (Wildman–Crippen LogP) is 4.91. The Labute approximate surface area is 234 Å². The second kappa shape index (κ2) is 17.5. The van der Waals surface area contributed by atoms with E-state index in [0.717, 1.165) is 50.5 Å². The number of nitrogens with zero attached hydrogens (tertiary/aromatic N) is 1. The van der Waals surface area contributed by atoms with Gasteiger partial charge in [-0.25, -0.2) is 4.79 Å². The van der Waals surface area contributed by atoms with Crippen LogP contribution in [-0.2, 0) is 19.1 Å². The number of benzene rings is 1. The van der Waals surface area contributed by atoms with E-state index in [1.54, 1.807) is 20.8 Å². The van der Waals surface area contributed by atoms with Crippen molar-refractivity contribution in [2.24, 2.45) is 5.73 Å². The summed E-state index contributed by atoms with van der Waals surface area (Å²) in [5, 5.41) is 5.52. The van der Waals surface area contributed by atoms with Crippen LogP contribution in [0.1, 0.15) is 110 Å². The van der Waals surface area contributed by atoms with Crippen molar-refractivity contribution in [3.63, 3.8) is 0 Å². The Kier molecular flexibility index (Phi) is 15.2. The molecule has 2 unspecified atom stereocenters. The molecule has 220 valence electrons. The summed E-state index contributed by atoms with van der Waals surface area (Å²) < 4.78 is 5.34. The number of unbranched alkanes of at least 4 members (excludes halogenated alkanes) is 6. The van der Waals surface area contributed by atoms with Crippen molar-refractivity contribution in [1.82, 2.24) is 15.5 Å². The highest BCUT2D eigenvalue weighted by Crippen LogP contribution is 2.25. The number of hydrogen-bond acceptors (Lipinski definition) is 5. The van der Waals surface area contributed by atoms with Gasteiger partial charge in [0.15, 0.2) is 0 Å². The average Bonchev–Trinajstić information content (AvgIpc) is 2.83. The van der Waals surface area contributed by atoms with Crippen LogP contribution in [0.4, 0.5) is 4.79 Å². The van der Waals surface area contributed by atoms with Crippen LogP contribution < -0.4 is 16.4 Å². The highest BCUT2D eigenvalue weighted by Gasteiger charge is 2.36. The summed E-state index contributed by atoms with van der Waals surface area (Å²) in [7, 11) is 0. The molecule has 4 N–H and O–H groups in total. The maximum Gasteiger partial charge on any atom is 0.408 e. The van der Waals surface area contributed by atoms with E-state index in [4.69, 9.17) is 10.5 Å². The Balaban J connectivity index is 3.42. The molecule has 9 heteroatoms. The average molecular weight is 547 g/mol. The number of primary amides is 1. The zero-order valence-electron chi connectivity index (χ0n) is 24.8. The van der Waals surface area contributed by atoms with Crippen LogP contribution in [0.15, 0.2) is 24.3 Å². The normalized spacial score (nSPS) is 12.8. The minimum Gasteiger partial charge on any atom is -0.444 e. The Hall–Kier alpha value is -3.10. The molecule has 0 heterocycles. The summed E-state index contributed by atoms with van der Waals surface area (Å²) in [5.41, 5.74) is 6.29. The van der Waals surface area contributed by atoms with E-state index in [2.05, 4.69) is 24.5 Å². The molecule has 1 rings (SSSR count). The van der Waals surface area contributed by atoms with E-state index in [1.807, 2.05) is 31.2 Å². The molecule has 0 saturated carbocycles. The van der Waals surface area contributed by atoms with Gasteiger partial charge >= 0.3 is 6.09 Å². The largest absolute Gasteiger partial charge is 0.444 e. The van der Waals surface area contributed by atoms with Gasteiger partial charge in [0, 0.05) is 13.1 Å². The van der Waals surface area contributed by atoms with Crippen LogP contribution >= 0.6 is 0 Å². The van der Waals surface area contributed by atoms with Crippen LogP contribution in [0.5, 0.6) is 0 Å². The predicted molar refractivity (Wildman–Crippen MR) is 154 cm³/mol. The van der Waals surface area contributed by atoms with Crippen LogP contribution in [-0.4, -0.2) is 53.4 Å². The number of hydrogen-bond donors (Lipinski definition) is 3. The fourth-order valence-corrected chi connectivity index (χ4v) is 4.30. The zero-order chi connectivity index (χ0) is 29.4. The minimum atomic E-state index is -1.27. The first-order valence-electron chi connectivity index (χ1n) is 14.3. The molecule has 2 atom stereocenters. The lowest BCUT2D eigenvalue weighted by atomic mass is 9.99. The van der Waals surface area contributed by atoms with Gasteiger partial charge in [-0.05, 0) is 46.1 Å². The molecule has 0 radical (unpaired) electrons. The van der Waals surface area contributed by atoms with Crippen molar-refractivity contribution >= 4 is 23.8 Å². The van der Waals surface area contributed by atoms with Crippen LogP contribution in [0.3, 0.4) is 0 Å². The summed E-state index contributed by atoms with van der Waals surface area (Å²) in [5.74, 6) is -1.59. The number of aryl methyl sites for hydroxylation is 1. The molecule has 1 aromatic rings. The fraction of sp³-hybridized carbons (Fsp3) is 0.667. The number of nitrogens with one attached hydrogen (secondary N) is 2. The van der Waals surface area contributed by atoms with Crippen molar-refractivity contribution in [2.45, 2.75) is 117 Å². The maximum atomic E-state index is 14.0. The second-order valence-corrected chi connectivity index (χ2v) is 11.1. The number of rotatable bonds is 17. The third kappa shape index (κ3) is 13.5. The highest BCUT2D eigenvalue weighted by molar-refractivity contribution is 5.94. The molecule has 39 heavy (non-hydrogen) atoms. The molecule has 0 aromatic heterocycles. The molecule has 0 aliphatic carbocycles. The second-order valence-electron chi connectivity index (χ2n) is 11.1. The van der Waals surface area contributed by atoms with Gasteiger partial charge in [0.1, 0.15) is 17.7 Å². The summed E-state index contributed by atoms with van der Waals surface area (Å²) >= 11 is 0. The minimum absolute atomic E-state index is 0.287. The summed E-state index contributed by atoms with van der Waals surface area (Å²) in [6, 6.07) is 5.29. The number of ether oxygens (including phenoxy) is 1. The van der Waals surface area contributed by atoms with Crippen molar-refractivity contribution in [3.8, 4) is 0 Å². The SMILES string of the molecule is CCCCCCCN(C(=O)C(CC(N)=O)NC(=O)OC(C)(C)C)C(C(=O)NCCCCC)c1cccc(C)c1. The number of nitrogens with two attached hydrogens (primary N) is 1. The van der Waals surface area contributed by atoms with Crippen molar-refractivity contribution in [1.29, 1.82) is 0 Å². The van der Waals surface area contributed by atoms with E-state index < -0.39 is 42.0 Å². The first-order valence-corrected chi connectivity index (χ1v) is 14.3. The lowest BCUT2D eigenvalue weighted by molar-refractivity contribution is -0.143. The maximum absolute atomic E-state index is 14.0. The lowest BCUT2D eigenvalue weighted by Crippen LogP contribution is -2.54. The van der Waals surface area contributed by atoms with Crippen molar-refractivity contribution in [2.75, 3.05) is 13.1 Å². The molecular weight excluding hydrogens is 496 g/mol. The van der Waals surface area contributed by atoms with E-state index in [-0.39, 0.29) is 12.5 Å². The molecule has 0 spiro atoms. The highest BCUT2D eigenvalue weighted by atomic mass is 16.6. The van der Waals surface area contributed by atoms with Crippen molar-refractivity contribution < 1.29 is 23.9 Å². The Bertz CT molecular complexity index is 928. The van der Waals surface area contributed by atoms with Gasteiger partial charge in [-0.3, -0.25) is 14.4 Å². The topological polar surface area (TPSA) is 131 Å². The van der Waals surface area contributed by atoms with Gasteiger partial charge in [0.25, 0.3) is 0 Å². The van der Waals surface area contributed by atoms with Gasteiger partial charge in [-0.2, -0.15) is 0 Å². The third-order valence-electron chi connectivity index (χ3n) is 6.18. The Morgan fingerprint density at radius 3 is 2.21 bits per heavy atom. The van der Waals surface area contributed by atoms with E-state index in [9.17, 15) is 19.2 Å². The molecule has 0 aliphatic heterocycles. The van der Waals surface area contributed by atoms with Crippen LogP contribution in [0, 0.1) is 6.92 Å². The monoisotopic (exact) mass is 546 g/mol. The number of carbonyl (C=O) groups is 4. The first kappa shape index (κ1) is 33.9. The standard InChI is InChI=1S/C30H50N4O5/c1-7-9-11-12-14-19-34(28(37)24(21-25(31)35)33-29(38)39-30(4,5)6)26(23-17-15-16-22(3)20-23)27(36)32-18-13-10-8-2/h15-17,20,24,26H,7-14,18-19,21H2,1-6H3,(H2,31,35)(H,32,36)(H,33,38). The fourth-order valence-electron chi connectivity index (χ4n) is 4.30. The quantitative estimate of drug-likeness (QED) is 0.239. The van der Waals surface area contributed by atoms with Gasteiger partial charge in [-0.15, -0.1) is 0 Å². The smallest absolute Gasteiger partial charge is 0.408 e. The van der Waals surface area contributed by atoms with Gasteiger partial charge in [0.2, 0.25) is 17.7 Å². The molecule has 0 saturated heterocycles. The summed E-state index contributed by atoms with van der Waals surface area (Å²) in [6.07, 6.45) is 6.32. The number of amides is 4. The molecule has 0 fully saturated rings. The van der Waals surface area contributed by atoms with Crippen molar-refractivity contribution in [3.05, 3.63) is 35.4 Å². The van der Waals surface area contributed by atoms with E-state index in [1.165, 1.54) is 4.90 Å².